The number of unbranched alkanes of at least 4 members (excludes halogenated alkanes) is 1. The quantitative estimate of drug-likeness (QED) is 0.529. The summed E-state index contributed by atoms with van der Waals surface area (Å²) in [5.41, 5.74) is 0. The van der Waals surface area contributed by atoms with E-state index in [1.807, 2.05) is 0 Å². The number of hydrogen-bond donors (Lipinski definition) is 1. The van der Waals surface area contributed by atoms with Gasteiger partial charge in [0.05, 0.1) is 0 Å². The maximum atomic E-state index is 11.2. The van der Waals surface area contributed by atoms with Crippen LogP contribution >= 0.6 is 15.9 Å². The second-order valence-electron chi connectivity index (χ2n) is 3.86. The SMILES string of the molecule is CCCCC(=O)NCCCC(C)CBr. The molecule has 0 fully saturated rings. The zero-order valence-electron chi connectivity index (χ0n) is 9.31. The number of alkyl halides is 1. The van der Waals surface area contributed by atoms with Gasteiger partial charge in [-0.05, 0) is 25.2 Å². The van der Waals surface area contributed by atoms with Crippen molar-refractivity contribution >= 4 is 21.8 Å². The second-order valence-corrected chi connectivity index (χ2v) is 4.50. The number of halogens is 1. The summed E-state index contributed by atoms with van der Waals surface area (Å²) in [5.74, 6) is 0.917. The molecule has 0 saturated heterocycles. The summed E-state index contributed by atoms with van der Waals surface area (Å²) in [7, 11) is 0. The molecule has 0 rings (SSSR count). The Morgan fingerprint density at radius 3 is 2.71 bits per heavy atom. The molecule has 14 heavy (non-hydrogen) atoms. The Morgan fingerprint density at radius 2 is 2.14 bits per heavy atom. The van der Waals surface area contributed by atoms with Crippen LogP contribution in [0.25, 0.3) is 0 Å². The predicted octanol–water partition coefficient (Wildman–Crippen LogP) is 3.10. The van der Waals surface area contributed by atoms with Gasteiger partial charge in [-0.3, -0.25) is 4.79 Å². The monoisotopic (exact) mass is 263 g/mol. The molecule has 1 unspecified atom stereocenters. The Hall–Kier alpha value is -0.0500. The summed E-state index contributed by atoms with van der Waals surface area (Å²) in [6.07, 6.45) is 5.05. The van der Waals surface area contributed by atoms with Crippen molar-refractivity contribution in [2.45, 2.75) is 46.0 Å². The topological polar surface area (TPSA) is 29.1 Å². The van der Waals surface area contributed by atoms with E-state index < -0.39 is 0 Å². The molecule has 0 spiro atoms. The summed E-state index contributed by atoms with van der Waals surface area (Å²) >= 11 is 3.44. The summed E-state index contributed by atoms with van der Waals surface area (Å²) in [5, 5.41) is 4.00. The zero-order valence-corrected chi connectivity index (χ0v) is 10.9. The first-order chi connectivity index (χ1) is 6.70. The van der Waals surface area contributed by atoms with E-state index in [2.05, 4.69) is 35.1 Å². The van der Waals surface area contributed by atoms with Crippen LogP contribution in [-0.4, -0.2) is 17.8 Å². The van der Waals surface area contributed by atoms with Crippen LogP contribution in [0.3, 0.4) is 0 Å². The standard InChI is InChI=1S/C11H22BrNO/c1-3-4-7-11(14)13-8-5-6-10(2)9-12/h10H,3-9H2,1-2H3,(H,13,14). The lowest BCUT2D eigenvalue weighted by molar-refractivity contribution is -0.121. The molecule has 1 N–H and O–H groups in total. The van der Waals surface area contributed by atoms with Crippen LogP contribution in [0.1, 0.15) is 46.0 Å². The van der Waals surface area contributed by atoms with E-state index in [1.54, 1.807) is 0 Å². The molecule has 0 aliphatic carbocycles. The molecule has 0 aromatic heterocycles. The highest BCUT2D eigenvalue weighted by Crippen LogP contribution is 2.07. The van der Waals surface area contributed by atoms with Crippen molar-refractivity contribution in [1.29, 1.82) is 0 Å². The second kappa shape index (κ2) is 9.50. The van der Waals surface area contributed by atoms with E-state index in [1.165, 1.54) is 6.42 Å². The van der Waals surface area contributed by atoms with E-state index in [9.17, 15) is 4.79 Å². The van der Waals surface area contributed by atoms with Gasteiger partial charge < -0.3 is 5.32 Å². The first-order valence-electron chi connectivity index (χ1n) is 5.53. The molecule has 2 nitrogen and oxygen atoms in total. The van der Waals surface area contributed by atoms with Crippen LogP contribution in [0, 0.1) is 5.92 Å². The van der Waals surface area contributed by atoms with Gasteiger partial charge >= 0.3 is 0 Å². The van der Waals surface area contributed by atoms with Gasteiger partial charge in [0.1, 0.15) is 0 Å². The molecular formula is C11H22BrNO. The van der Waals surface area contributed by atoms with Crippen molar-refractivity contribution in [3.8, 4) is 0 Å². The summed E-state index contributed by atoms with van der Waals surface area (Å²) in [6.45, 7) is 5.15. The van der Waals surface area contributed by atoms with Gasteiger partial charge in [0.15, 0.2) is 0 Å². The van der Waals surface area contributed by atoms with Crippen LogP contribution in [0.5, 0.6) is 0 Å². The van der Waals surface area contributed by atoms with Gasteiger partial charge in [-0.1, -0.05) is 36.2 Å². The first-order valence-corrected chi connectivity index (χ1v) is 6.65. The van der Waals surface area contributed by atoms with E-state index in [0.29, 0.717) is 12.3 Å². The molecule has 84 valence electrons. The first kappa shape index (κ1) is 13.9. The molecule has 0 heterocycles. The Kier molecular flexibility index (Phi) is 9.47. The summed E-state index contributed by atoms with van der Waals surface area (Å²) in [6, 6.07) is 0. The van der Waals surface area contributed by atoms with Crippen molar-refractivity contribution in [2.75, 3.05) is 11.9 Å². The van der Waals surface area contributed by atoms with Crippen LogP contribution < -0.4 is 5.32 Å². The largest absolute Gasteiger partial charge is 0.356 e. The average molecular weight is 264 g/mol. The van der Waals surface area contributed by atoms with Crippen LogP contribution in [0.4, 0.5) is 0 Å². The lowest BCUT2D eigenvalue weighted by atomic mass is 10.1. The number of rotatable bonds is 8. The van der Waals surface area contributed by atoms with E-state index in [0.717, 1.165) is 31.1 Å². The maximum Gasteiger partial charge on any atom is 0.219 e. The molecular weight excluding hydrogens is 242 g/mol. The van der Waals surface area contributed by atoms with E-state index >= 15 is 0 Å². The van der Waals surface area contributed by atoms with Gasteiger partial charge in [0.25, 0.3) is 0 Å². The van der Waals surface area contributed by atoms with Gasteiger partial charge in [0.2, 0.25) is 5.91 Å². The van der Waals surface area contributed by atoms with Crippen molar-refractivity contribution in [1.82, 2.24) is 5.32 Å². The maximum absolute atomic E-state index is 11.2. The number of carbonyl (C=O) groups excluding carboxylic acids is 1. The van der Waals surface area contributed by atoms with Gasteiger partial charge in [0, 0.05) is 18.3 Å². The molecule has 1 atom stereocenters. The minimum absolute atomic E-state index is 0.207. The minimum atomic E-state index is 0.207. The highest BCUT2D eigenvalue weighted by atomic mass is 79.9. The smallest absolute Gasteiger partial charge is 0.219 e. The van der Waals surface area contributed by atoms with Crippen LogP contribution in [0.15, 0.2) is 0 Å². The molecule has 0 bridgehead atoms. The molecule has 0 aromatic carbocycles. The molecule has 0 aromatic rings. The Labute approximate surface area is 96.0 Å². The van der Waals surface area contributed by atoms with Gasteiger partial charge in [-0.2, -0.15) is 0 Å². The molecule has 0 aliphatic heterocycles. The minimum Gasteiger partial charge on any atom is -0.356 e. The van der Waals surface area contributed by atoms with E-state index in [-0.39, 0.29) is 5.91 Å². The lowest BCUT2D eigenvalue weighted by Crippen LogP contribution is -2.24. The fraction of sp³-hybridized carbons (Fsp3) is 0.909. The van der Waals surface area contributed by atoms with Crippen LogP contribution in [-0.2, 0) is 4.79 Å². The van der Waals surface area contributed by atoms with Crippen molar-refractivity contribution < 1.29 is 4.79 Å². The molecule has 0 saturated carbocycles. The van der Waals surface area contributed by atoms with Gasteiger partial charge in [-0.25, -0.2) is 0 Å². The van der Waals surface area contributed by atoms with Crippen molar-refractivity contribution in [2.24, 2.45) is 5.92 Å². The van der Waals surface area contributed by atoms with Crippen molar-refractivity contribution in [3.05, 3.63) is 0 Å². The fourth-order valence-corrected chi connectivity index (χ4v) is 1.50. The summed E-state index contributed by atoms with van der Waals surface area (Å²) < 4.78 is 0. The number of nitrogens with one attached hydrogen (secondary N) is 1. The average Bonchev–Trinajstić information content (AvgIpc) is 2.21. The lowest BCUT2D eigenvalue weighted by Gasteiger charge is -2.08. The number of amides is 1. The molecule has 3 heteroatoms. The Balaban J connectivity index is 3.22. The Bertz CT molecular complexity index is 150. The normalized spacial score (nSPS) is 12.5. The molecule has 0 radical (unpaired) electrons. The third-order valence-corrected chi connectivity index (χ3v) is 3.32. The number of carbonyl (C=O) groups is 1. The third kappa shape index (κ3) is 8.54. The summed E-state index contributed by atoms with van der Waals surface area (Å²) in [4.78, 5) is 11.2. The zero-order chi connectivity index (χ0) is 10.8. The van der Waals surface area contributed by atoms with Crippen molar-refractivity contribution in [3.63, 3.8) is 0 Å². The van der Waals surface area contributed by atoms with Crippen LogP contribution in [0.2, 0.25) is 0 Å². The third-order valence-electron chi connectivity index (χ3n) is 2.22. The molecule has 1 amide bonds. The fourth-order valence-electron chi connectivity index (χ4n) is 1.18. The molecule has 0 aliphatic rings. The predicted molar refractivity (Wildman–Crippen MR) is 64.7 cm³/mol. The van der Waals surface area contributed by atoms with Gasteiger partial charge in [-0.15, -0.1) is 0 Å². The van der Waals surface area contributed by atoms with E-state index in [4.69, 9.17) is 0 Å². The highest BCUT2D eigenvalue weighted by molar-refractivity contribution is 9.09. The highest BCUT2D eigenvalue weighted by Gasteiger charge is 2.01. The number of hydrogen-bond acceptors (Lipinski definition) is 1. The Morgan fingerprint density at radius 1 is 1.43 bits per heavy atom.